The van der Waals surface area contributed by atoms with Gasteiger partial charge >= 0.3 is 11.8 Å². The van der Waals surface area contributed by atoms with Crippen molar-refractivity contribution in [2.24, 2.45) is 0 Å². The maximum atomic E-state index is 13.7. The molecule has 0 atom stereocenters. The van der Waals surface area contributed by atoms with Gasteiger partial charge in [-0.1, -0.05) is 5.10 Å². The molecule has 1 aromatic heterocycles. The quantitative estimate of drug-likeness (QED) is 0.568. The third-order valence-corrected chi connectivity index (χ3v) is 4.97. The van der Waals surface area contributed by atoms with Crippen LogP contribution in [0.5, 0.6) is 17.6 Å². The Hall–Kier alpha value is -3.24. The summed E-state index contributed by atoms with van der Waals surface area (Å²) >= 11 is 0. The van der Waals surface area contributed by atoms with Gasteiger partial charge < -0.3 is 18.8 Å². The number of aromatic nitrogens is 2. The fourth-order valence-corrected chi connectivity index (χ4v) is 3.16. The second kappa shape index (κ2) is 9.27. The highest BCUT2D eigenvalue weighted by Crippen LogP contribution is 2.23. The van der Waals surface area contributed by atoms with Crippen molar-refractivity contribution in [2.45, 2.75) is 0 Å². The molecule has 3 aromatic rings. The topological polar surface area (TPSA) is 73.0 Å². The molecule has 164 valence electrons. The van der Waals surface area contributed by atoms with Gasteiger partial charge in [-0.3, -0.25) is 4.90 Å². The molecule has 1 aliphatic rings. The van der Waals surface area contributed by atoms with Crippen molar-refractivity contribution in [3.63, 3.8) is 0 Å². The summed E-state index contributed by atoms with van der Waals surface area (Å²) in [5.41, 5.74) is 0.426. The van der Waals surface area contributed by atoms with Crippen molar-refractivity contribution in [1.29, 1.82) is 0 Å². The lowest BCUT2D eigenvalue weighted by molar-refractivity contribution is 0.134. The van der Waals surface area contributed by atoms with E-state index in [9.17, 15) is 13.6 Å². The largest absolute Gasteiger partial charge is 0.492 e. The molecule has 0 spiro atoms. The van der Waals surface area contributed by atoms with Crippen LogP contribution in [-0.2, 0) is 0 Å². The summed E-state index contributed by atoms with van der Waals surface area (Å²) in [5, 5.41) is 3.90. The summed E-state index contributed by atoms with van der Waals surface area (Å²) in [6, 6.07) is 9.51. The zero-order valence-corrected chi connectivity index (χ0v) is 17.0. The summed E-state index contributed by atoms with van der Waals surface area (Å²) in [6.07, 6.45) is -0.456. The van der Waals surface area contributed by atoms with E-state index in [1.54, 1.807) is 24.3 Å². The molecule has 1 saturated heterocycles. The maximum Gasteiger partial charge on any atom is 0.444 e. The predicted octanol–water partition coefficient (Wildman–Crippen LogP) is 2.52. The molecule has 2 heterocycles. The SMILES string of the molecule is CN1CCN(CCOc2ccc(-n3nc(Oc4ccc(F)cc4F)oc3=O)cc2)CC1. The molecule has 0 saturated carbocycles. The van der Waals surface area contributed by atoms with E-state index in [1.165, 1.54) is 0 Å². The van der Waals surface area contributed by atoms with Crippen LogP contribution < -0.4 is 15.2 Å². The molecule has 8 nitrogen and oxygen atoms in total. The maximum absolute atomic E-state index is 13.7. The van der Waals surface area contributed by atoms with Gasteiger partial charge in [-0.05, 0) is 43.4 Å². The number of likely N-dealkylation sites (N-methyl/N-ethyl adjacent to an activating group) is 1. The summed E-state index contributed by atoms with van der Waals surface area (Å²) in [7, 11) is 2.12. The van der Waals surface area contributed by atoms with Crippen molar-refractivity contribution in [1.82, 2.24) is 19.6 Å². The highest BCUT2D eigenvalue weighted by atomic mass is 19.1. The molecule has 10 heteroatoms. The molecule has 2 aromatic carbocycles. The number of hydrogen-bond acceptors (Lipinski definition) is 7. The van der Waals surface area contributed by atoms with E-state index >= 15 is 0 Å². The van der Waals surface area contributed by atoms with Gasteiger partial charge in [0.05, 0.1) is 5.69 Å². The van der Waals surface area contributed by atoms with E-state index in [1.807, 2.05) is 0 Å². The molecule has 0 N–H and O–H groups in total. The highest BCUT2D eigenvalue weighted by Gasteiger charge is 2.15. The second-order valence-electron chi connectivity index (χ2n) is 7.21. The van der Waals surface area contributed by atoms with Crippen LogP contribution in [0.3, 0.4) is 0 Å². The van der Waals surface area contributed by atoms with E-state index in [4.69, 9.17) is 13.9 Å². The minimum Gasteiger partial charge on any atom is -0.492 e. The zero-order chi connectivity index (χ0) is 21.8. The standard InChI is InChI=1S/C21H22F2N4O4/c1-25-8-10-26(11-9-25)12-13-29-17-5-3-16(4-6-17)27-21(28)31-20(24-27)30-19-7-2-15(22)14-18(19)23/h2-7,14H,8-13H2,1H3. The molecule has 1 fully saturated rings. The Labute approximate surface area is 177 Å². The van der Waals surface area contributed by atoms with Gasteiger partial charge in [-0.2, -0.15) is 4.68 Å². The number of hydrogen-bond donors (Lipinski definition) is 0. The highest BCUT2D eigenvalue weighted by molar-refractivity contribution is 5.36. The summed E-state index contributed by atoms with van der Waals surface area (Å²) in [6.45, 7) is 5.58. The first-order valence-corrected chi connectivity index (χ1v) is 9.85. The summed E-state index contributed by atoms with van der Waals surface area (Å²) in [4.78, 5) is 16.7. The zero-order valence-electron chi connectivity index (χ0n) is 17.0. The first-order valence-electron chi connectivity index (χ1n) is 9.85. The van der Waals surface area contributed by atoms with Crippen LogP contribution in [0.2, 0.25) is 0 Å². The Kier molecular flexibility index (Phi) is 6.28. The van der Waals surface area contributed by atoms with Gasteiger partial charge in [0.15, 0.2) is 11.6 Å². The lowest BCUT2D eigenvalue weighted by Crippen LogP contribution is -2.45. The van der Waals surface area contributed by atoms with E-state index < -0.39 is 23.5 Å². The monoisotopic (exact) mass is 432 g/mol. The molecule has 0 aliphatic carbocycles. The van der Waals surface area contributed by atoms with E-state index in [0.29, 0.717) is 24.1 Å². The van der Waals surface area contributed by atoms with Crippen molar-refractivity contribution < 1.29 is 22.7 Å². The average molecular weight is 432 g/mol. The first-order chi connectivity index (χ1) is 15.0. The molecule has 4 rings (SSSR count). The van der Waals surface area contributed by atoms with Gasteiger partial charge in [-0.15, -0.1) is 0 Å². The van der Waals surface area contributed by atoms with Crippen molar-refractivity contribution in [3.05, 3.63) is 64.6 Å². The fourth-order valence-electron chi connectivity index (χ4n) is 3.16. The molecule has 31 heavy (non-hydrogen) atoms. The van der Waals surface area contributed by atoms with Crippen LogP contribution in [0.15, 0.2) is 51.7 Å². The Morgan fingerprint density at radius 2 is 1.81 bits per heavy atom. The van der Waals surface area contributed by atoms with Gasteiger partial charge in [0.2, 0.25) is 0 Å². The van der Waals surface area contributed by atoms with Crippen LogP contribution in [-0.4, -0.2) is 66.0 Å². The summed E-state index contributed by atoms with van der Waals surface area (Å²) < 4.78 is 43.5. The summed E-state index contributed by atoms with van der Waals surface area (Å²) in [5.74, 6) is -2.13. The second-order valence-corrected chi connectivity index (χ2v) is 7.21. The van der Waals surface area contributed by atoms with Crippen LogP contribution in [0.1, 0.15) is 0 Å². The van der Waals surface area contributed by atoms with Crippen molar-refractivity contribution in [2.75, 3.05) is 46.4 Å². The van der Waals surface area contributed by atoms with E-state index in [2.05, 4.69) is 21.9 Å². The van der Waals surface area contributed by atoms with Gasteiger partial charge in [0.25, 0.3) is 0 Å². The lowest BCUT2D eigenvalue weighted by Gasteiger charge is -2.32. The average Bonchev–Trinajstić information content (AvgIpc) is 3.12. The number of nitrogens with zero attached hydrogens (tertiary/aromatic N) is 4. The molecule has 1 aliphatic heterocycles. The number of halogens is 2. The third-order valence-electron chi connectivity index (χ3n) is 4.97. The first kappa shape index (κ1) is 21.0. The lowest BCUT2D eigenvalue weighted by atomic mass is 10.3. The number of ether oxygens (including phenoxy) is 2. The van der Waals surface area contributed by atoms with E-state index in [-0.39, 0.29) is 5.75 Å². The molecule has 0 radical (unpaired) electrons. The molecule has 0 amide bonds. The molecular formula is C21H22F2N4O4. The molecule has 0 unspecified atom stereocenters. The van der Waals surface area contributed by atoms with Crippen LogP contribution in [0.25, 0.3) is 5.69 Å². The van der Waals surface area contributed by atoms with Gasteiger partial charge in [0.1, 0.15) is 18.2 Å². The Morgan fingerprint density at radius 3 is 2.52 bits per heavy atom. The van der Waals surface area contributed by atoms with Crippen LogP contribution in [0, 0.1) is 11.6 Å². The third kappa shape index (κ3) is 5.28. The predicted molar refractivity (Wildman–Crippen MR) is 108 cm³/mol. The van der Waals surface area contributed by atoms with Crippen LogP contribution in [0.4, 0.5) is 8.78 Å². The Morgan fingerprint density at radius 1 is 1.06 bits per heavy atom. The van der Waals surface area contributed by atoms with E-state index in [0.717, 1.165) is 49.5 Å². The minimum absolute atomic E-state index is 0.307. The van der Waals surface area contributed by atoms with Crippen molar-refractivity contribution >= 4 is 0 Å². The Balaban J connectivity index is 1.36. The smallest absolute Gasteiger partial charge is 0.444 e. The van der Waals surface area contributed by atoms with Gasteiger partial charge in [0, 0.05) is 38.8 Å². The fraction of sp³-hybridized carbons (Fsp3) is 0.333. The normalized spacial score (nSPS) is 15.2. The minimum atomic E-state index is -0.935. The molecule has 0 bridgehead atoms. The molecular weight excluding hydrogens is 410 g/mol. The van der Waals surface area contributed by atoms with Crippen LogP contribution >= 0.6 is 0 Å². The van der Waals surface area contributed by atoms with Gasteiger partial charge in [-0.25, -0.2) is 13.6 Å². The van der Waals surface area contributed by atoms with Crippen molar-refractivity contribution in [3.8, 4) is 23.3 Å². The number of benzene rings is 2. The number of rotatable bonds is 7. The Bertz CT molecular complexity index is 1080. The number of piperazine rings is 1.